The van der Waals surface area contributed by atoms with Gasteiger partial charge in [-0.2, -0.15) is 0 Å². The molecular weight excluding hydrogens is 455 g/mol. The van der Waals surface area contributed by atoms with E-state index in [9.17, 15) is 4.79 Å². The SMILES string of the molecule is CCCCCC/C=C/Cl.CCCCCC/C=C/I.CCCCCCC=O. The lowest BCUT2D eigenvalue weighted by molar-refractivity contribution is -0.107. The van der Waals surface area contributed by atoms with Gasteiger partial charge in [0.2, 0.25) is 0 Å². The molecule has 0 unspecified atom stereocenters. The van der Waals surface area contributed by atoms with Crippen molar-refractivity contribution >= 4 is 40.5 Å². The maximum absolute atomic E-state index is 9.77. The van der Waals surface area contributed by atoms with Crippen LogP contribution in [0, 0.1) is 0 Å². The predicted octanol–water partition coefficient (Wildman–Crippen LogP) is 9.77. The Bertz CT molecular complexity index is 257. The molecule has 0 aliphatic carbocycles. The third-order valence-corrected chi connectivity index (χ3v) is 4.49. The second kappa shape index (κ2) is 36.1. The normalized spacial score (nSPS) is 10.3. The van der Waals surface area contributed by atoms with Gasteiger partial charge in [0.15, 0.2) is 0 Å². The topological polar surface area (TPSA) is 17.1 Å². The van der Waals surface area contributed by atoms with Crippen molar-refractivity contribution in [3.63, 3.8) is 0 Å². The lowest BCUT2D eigenvalue weighted by Gasteiger charge is -1.92. The maximum Gasteiger partial charge on any atom is 0.119 e. The number of hydrogen-bond donors (Lipinski definition) is 0. The highest BCUT2D eigenvalue weighted by molar-refractivity contribution is 14.1. The highest BCUT2D eigenvalue weighted by Crippen LogP contribution is 2.04. The quantitative estimate of drug-likeness (QED) is 0.125. The smallest absolute Gasteiger partial charge is 0.119 e. The fourth-order valence-electron chi connectivity index (χ4n) is 2.16. The molecule has 0 aliphatic rings. The van der Waals surface area contributed by atoms with Crippen LogP contribution in [0.5, 0.6) is 0 Å². The Morgan fingerprint density at radius 1 is 0.654 bits per heavy atom. The molecule has 26 heavy (non-hydrogen) atoms. The summed E-state index contributed by atoms with van der Waals surface area (Å²) in [5.41, 5.74) is 1.60. The summed E-state index contributed by atoms with van der Waals surface area (Å²) in [6, 6.07) is 0. The summed E-state index contributed by atoms with van der Waals surface area (Å²) >= 11 is 7.60. The summed E-state index contributed by atoms with van der Waals surface area (Å²) in [5.74, 6) is 0. The Hall–Kier alpha value is 0.170. The molecule has 1 nitrogen and oxygen atoms in total. The first-order valence-corrected chi connectivity index (χ1v) is 12.4. The van der Waals surface area contributed by atoms with Crippen LogP contribution in [-0.4, -0.2) is 6.29 Å². The highest BCUT2D eigenvalue weighted by Gasteiger charge is 1.84. The van der Waals surface area contributed by atoms with Crippen LogP contribution in [-0.2, 0) is 4.79 Å². The summed E-state index contributed by atoms with van der Waals surface area (Å²) < 4.78 is 2.10. The van der Waals surface area contributed by atoms with E-state index < -0.39 is 0 Å². The molecule has 0 radical (unpaired) electrons. The molecule has 0 bridgehead atoms. The molecule has 0 aromatic carbocycles. The zero-order valence-corrected chi connectivity index (χ0v) is 20.6. The molecule has 0 aliphatic heterocycles. The fraction of sp³-hybridized carbons (Fsp3) is 0.783. The molecule has 0 saturated heterocycles. The minimum atomic E-state index is 0.750. The van der Waals surface area contributed by atoms with Gasteiger partial charge in [-0.25, -0.2) is 0 Å². The van der Waals surface area contributed by atoms with Crippen molar-refractivity contribution in [1.29, 1.82) is 0 Å². The first-order chi connectivity index (χ1) is 12.7. The number of hydrogen-bond acceptors (Lipinski definition) is 1. The Balaban J connectivity index is -0.000000306. The molecule has 156 valence electrons. The Morgan fingerprint density at radius 2 is 1.08 bits per heavy atom. The van der Waals surface area contributed by atoms with Crippen LogP contribution in [0.3, 0.4) is 0 Å². The molecule has 3 heteroatoms. The minimum Gasteiger partial charge on any atom is -0.303 e. The number of carbonyl (C=O) groups excluding carboxylic acids is 1. The van der Waals surface area contributed by atoms with Crippen molar-refractivity contribution < 1.29 is 4.79 Å². The fourth-order valence-corrected chi connectivity index (χ4v) is 2.64. The maximum atomic E-state index is 9.77. The van der Waals surface area contributed by atoms with E-state index in [0.717, 1.165) is 25.5 Å². The minimum absolute atomic E-state index is 0.750. The molecule has 0 N–H and O–H groups in total. The summed E-state index contributed by atoms with van der Waals surface area (Å²) in [5, 5.41) is 0. The molecule has 0 aromatic heterocycles. The zero-order valence-electron chi connectivity index (χ0n) is 17.7. The monoisotopic (exact) mass is 498 g/mol. The predicted molar refractivity (Wildman–Crippen MR) is 130 cm³/mol. The van der Waals surface area contributed by atoms with Gasteiger partial charge in [-0.3, -0.25) is 0 Å². The van der Waals surface area contributed by atoms with E-state index in [4.69, 9.17) is 11.6 Å². The van der Waals surface area contributed by atoms with Crippen molar-refractivity contribution in [3.8, 4) is 0 Å². The number of allylic oxidation sites excluding steroid dienone is 2. The Morgan fingerprint density at radius 3 is 1.42 bits per heavy atom. The van der Waals surface area contributed by atoms with Gasteiger partial charge in [-0.1, -0.05) is 125 Å². The van der Waals surface area contributed by atoms with Gasteiger partial charge in [-0.05, 0) is 36.2 Å². The number of rotatable bonds is 15. The Labute approximate surface area is 183 Å². The van der Waals surface area contributed by atoms with Gasteiger partial charge >= 0.3 is 0 Å². The van der Waals surface area contributed by atoms with Crippen molar-refractivity contribution in [3.05, 3.63) is 21.8 Å². The standard InChI is InChI=1S/C8H15Cl.C8H15I.C7H14O/c2*1-2-3-4-5-6-7-8-9;1-2-3-4-5-6-7-8/h2*7-8H,2-6H2,1H3;7H,2-6H2,1H3/b2*8-7+;. The summed E-state index contributed by atoms with van der Waals surface area (Å²) in [6.07, 6.45) is 24.0. The van der Waals surface area contributed by atoms with Gasteiger partial charge in [0, 0.05) is 12.0 Å². The van der Waals surface area contributed by atoms with Crippen LogP contribution < -0.4 is 0 Å². The molecule has 0 heterocycles. The average Bonchev–Trinajstić information content (AvgIpc) is 2.66. The van der Waals surface area contributed by atoms with E-state index >= 15 is 0 Å². The average molecular weight is 499 g/mol. The van der Waals surface area contributed by atoms with Gasteiger partial charge in [0.05, 0.1) is 0 Å². The van der Waals surface area contributed by atoms with Crippen LogP contribution in [0.1, 0.15) is 117 Å². The van der Waals surface area contributed by atoms with Gasteiger partial charge in [0.25, 0.3) is 0 Å². The van der Waals surface area contributed by atoms with Crippen molar-refractivity contribution in [1.82, 2.24) is 0 Å². The van der Waals surface area contributed by atoms with Crippen LogP contribution in [0.25, 0.3) is 0 Å². The van der Waals surface area contributed by atoms with Crippen molar-refractivity contribution in [2.45, 2.75) is 117 Å². The lowest BCUT2D eigenvalue weighted by Crippen LogP contribution is -1.76. The van der Waals surface area contributed by atoms with Gasteiger partial charge in [0.1, 0.15) is 6.29 Å². The molecular formula is C23H44ClIO. The van der Waals surface area contributed by atoms with E-state index in [-0.39, 0.29) is 0 Å². The summed E-state index contributed by atoms with van der Waals surface area (Å²) in [7, 11) is 0. The van der Waals surface area contributed by atoms with E-state index in [1.165, 1.54) is 77.0 Å². The molecule has 0 amide bonds. The third kappa shape index (κ3) is 44.0. The molecule has 0 saturated carbocycles. The Kier molecular flexibility index (Phi) is 42.9. The second-order valence-electron chi connectivity index (χ2n) is 6.44. The van der Waals surface area contributed by atoms with Crippen LogP contribution in [0.15, 0.2) is 21.8 Å². The van der Waals surface area contributed by atoms with Crippen molar-refractivity contribution in [2.24, 2.45) is 0 Å². The van der Waals surface area contributed by atoms with Crippen LogP contribution in [0.4, 0.5) is 0 Å². The van der Waals surface area contributed by atoms with Crippen molar-refractivity contribution in [2.75, 3.05) is 0 Å². The highest BCUT2D eigenvalue weighted by atomic mass is 127. The molecule has 0 fully saturated rings. The first kappa shape index (κ1) is 30.9. The first-order valence-electron chi connectivity index (χ1n) is 10.7. The third-order valence-electron chi connectivity index (χ3n) is 3.80. The molecule has 0 rings (SSSR count). The summed E-state index contributed by atoms with van der Waals surface area (Å²) in [6.45, 7) is 6.63. The molecule has 0 atom stereocenters. The largest absolute Gasteiger partial charge is 0.303 e. The van der Waals surface area contributed by atoms with E-state index in [2.05, 4.69) is 53.5 Å². The number of aldehydes is 1. The van der Waals surface area contributed by atoms with Gasteiger partial charge in [-0.15, -0.1) is 0 Å². The number of halogens is 2. The van der Waals surface area contributed by atoms with E-state index in [1.807, 2.05) is 6.08 Å². The number of unbranched alkanes of at least 4 members (excludes halogenated alkanes) is 12. The second-order valence-corrected chi connectivity index (χ2v) is 7.41. The molecule has 0 aromatic rings. The molecule has 0 spiro atoms. The van der Waals surface area contributed by atoms with Crippen LogP contribution in [0.2, 0.25) is 0 Å². The lowest BCUT2D eigenvalue weighted by atomic mass is 10.2. The van der Waals surface area contributed by atoms with E-state index in [0.29, 0.717) is 0 Å². The zero-order chi connectivity index (χ0) is 20.1. The van der Waals surface area contributed by atoms with Gasteiger partial charge < -0.3 is 4.79 Å². The summed E-state index contributed by atoms with van der Waals surface area (Å²) in [4.78, 5) is 9.77. The van der Waals surface area contributed by atoms with E-state index in [1.54, 1.807) is 5.54 Å². The number of carbonyl (C=O) groups is 1. The van der Waals surface area contributed by atoms with Crippen LogP contribution >= 0.6 is 34.2 Å².